The average molecular weight is 302 g/mol. The molecule has 1 rings (SSSR count). The molecule has 0 aromatic heterocycles. The molecule has 0 bridgehead atoms. The summed E-state index contributed by atoms with van der Waals surface area (Å²) in [4.78, 5) is 23.1. The van der Waals surface area contributed by atoms with Crippen molar-refractivity contribution in [3.63, 3.8) is 0 Å². The highest BCUT2D eigenvalue weighted by molar-refractivity contribution is 7.86. The number of halogens is 1. The number of Topliss-reactive ketones (excluding diaryl/α,β-unsaturated/α-hetero) is 1. The van der Waals surface area contributed by atoms with E-state index in [-0.39, 0.29) is 23.2 Å². The highest BCUT2D eigenvalue weighted by Gasteiger charge is 2.13. The number of hydrogen-bond donors (Lipinski definition) is 1. The fraction of sp³-hybridized carbons (Fsp3) is 0.385. The largest absolute Gasteiger partial charge is 0.355 e. The zero-order valence-corrected chi connectivity index (χ0v) is 12.2. The molecular formula is C13H16ClNO3S. The predicted octanol–water partition coefficient (Wildman–Crippen LogP) is 1.80. The molecule has 1 amide bonds. The molecule has 0 spiro atoms. The van der Waals surface area contributed by atoms with Crippen LogP contribution in [0.2, 0.25) is 5.02 Å². The molecule has 6 heteroatoms. The van der Waals surface area contributed by atoms with E-state index in [2.05, 4.69) is 5.32 Å². The van der Waals surface area contributed by atoms with Crippen LogP contribution in [0.3, 0.4) is 0 Å². The standard InChI is InChI=1S/C13H16ClNO3S/c1-2-7-15-13(17)9-19(18)8-12(16)10-3-5-11(14)6-4-10/h3-6H,2,7-9H2,1H3,(H,15,17). The maximum absolute atomic E-state index is 11.8. The van der Waals surface area contributed by atoms with E-state index in [1.54, 1.807) is 24.3 Å². The van der Waals surface area contributed by atoms with Crippen molar-refractivity contribution in [3.05, 3.63) is 34.9 Å². The second-order valence-electron chi connectivity index (χ2n) is 4.01. The summed E-state index contributed by atoms with van der Waals surface area (Å²) >= 11 is 5.72. The van der Waals surface area contributed by atoms with Crippen molar-refractivity contribution in [3.8, 4) is 0 Å². The Bertz CT molecular complexity index is 473. The number of benzene rings is 1. The Morgan fingerprint density at radius 1 is 1.21 bits per heavy atom. The third kappa shape index (κ3) is 5.98. The molecule has 1 unspecified atom stereocenters. The smallest absolute Gasteiger partial charge is 0.232 e. The van der Waals surface area contributed by atoms with Crippen LogP contribution in [0.5, 0.6) is 0 Å². The summed E-state index contributed by atoms with van der Waals surface area (Å²) in [6.07, 6.45) is 0.822. The number of carbonyl (C=O) groups excluding carboxylic acids is 2. The topological polar surface area (TPSA) is 63.2 Å². The second kappa shape index (κ2) is 8.07. The zero-order valence-electron chi connectivity index (χ0n) is 10.6. The van der Waals surface area contributed by atoms with E-state index in [0.717, 1.165) is 6.42 Å². The van der Waals surface area contributed by atoms with Crippen molar-refractivity contribution < 1.29 is 13.8 Å². The maximum atomic E-state index is 11.8. The van der Waals surface area contributed by atoms with Gasteiger partial charge >= 0.3 is 0 Å². The number of amides is 1. The minimum Gasteiger partial charge on any atom is -0.355 e. The molecule has 4 nitrogen and oxygen atoms in total. The Kier molecular flexibility index (Phi) is 6.73. The lowest BCUT2D eigenvalue weighted by molar-refractivity contribution is -0.118. The monoisotopic (exact) mass is 301 g/mol. The molecule has 1 aromatic carbocycles. The Morgan fingerprint density at radius 3 is 2.42 bits per heavy atom. The third-order valence-corrected chi connectivity index (χ3v) is 3.74. The molecule has 0 aliphatic rings. The van der Waals surface area contributed by atoms with Crippen molar-refractivity contribution >= 4 is 34.1 Å². The molecule has 0 radical (unpaired) electrons. The molecule has 0 fully saturated rings. The van der Waals surface area contributed by atoms with E-state index < -0.39 is 10.8 Å². The average Bonchev–Trinajstić information content (AvgIpc) is 2.36. The summed E-state index contributed by atoms with van der Waals surface area (Å²) in [7, 11) is -1.48. The van der Waals surface area contributed by atoms with Crippen LogP contribution in [0.4, 0.5) is 0 Å². The first-order valence-electron chi connectivity index (χ1n) is 5.93. The summed E-state index contributed by atoms with van der Waals surface area (Å²) < 4.78 is 11.7. The lowest BCUT2D eigenvalue weighted by Crippen LogP contribution is -2.30. The van der Waals surface area contributed by atoms with Crippen LogP contribution in [-0.4, -0.2) is 33.9 Å². The van der Waals surface area contributed by atoms with Gasteiger partial charge in [-0.3, -0.25) is 13.8 Å². The first-order chi connectivity index (χ1) is 9.02. The molecule has 1 N–H and O–H groups in total. The molecule has 1 aromatic rings. The van der Waals surface area contributed by atoms with Gasteiger partial charge in [-0.05, 0) is 30.7 Å². The van der Waals surface area contributed by atoms with Gasteiger partial charge in [-0.2, -0.15) is 0 Å². The fourth-order valence-corrected chi connectivity index (χ4v) is 2.46. The lowest BCUT2D eigenvalue weighted by Gasteiger charge is -2.04. The van der Waals surface area contributed by atoms with Crippen molar-refractivity contribution in [1.82, 2.24) is 5.32 Å². The summed E-state index contributed by atoms with van der Waals surface area (Å²) in [5.74, 6) is -0.831. The molecule has 19 heavy (non-hydrogen) atoms. The van der Waals surface area contributed by atoms with E-state index in [4.69, 9.17) is 11.6 Å². The third-order valence-electron chi connectivity index (χ3n) is 2.32. The molecule has 1 atom stereocenters. The van der Waals surface area contributed by atoms with Crippen LogP contribution >= 0.6 is 11.6 Å². The van der Waals surface area contributed by atoms with Crippen molar-refractivity contribution in [2.75, 3.05) is 18.1 Å². The molecule has 104 valence electrons. The Balaban J connectivity index is 2.46. The van der Waals surface area contributed by atoms with Gasteiger partial charge in [0.05, 0.1) is 5.75 Å². The summed E-state index contributed by atoms with van der Waals surface area (Å²) in [6.45, 7) is 2.49. The minimum absolute atomic E-state index is 0.140. The maximum Gasteiger partial charge on any atom is 0.232 e. The summed E-state index contributed by atoms with van der Waals surface area (Å²) in [6, 6.07) is 6.37. The van der Waals surface area contributed by atoms with Gasteiger partial charge in [0.1, 0.15) is 5.75 Å². The van der Waals surface area contributed by atoms with Gasteiger partial charge in [0.25, 0.3) is 0 Å². The predicted molar refractivity (Wildman–Crippen MR) is 77.0 cm³/mol. The van der Waals surface area contributed by atoms with Crippen molar-refractivity contribution in [2.45, 2.75) is 13.3 Å². The number of rotatable bonds is 7. The quantitative estimate of drug-likeness (QED) is 0.781. The number of ketones is 1. The van der Waals surface area contributed by atoms with Gasteiger partial charge in [0.2, 0.25) is 5.91 Å². The van der Waals surface area contributed by atoms with Gasteiger partial charge in [0, 0.05) is 27.9 Å². The molecule has 0 saturated heterocycles. The summed E-state index contributed by atoms with van der Waals surface area (Å²) in [5, 5.41) is 3.16. The van der Waals surface area contributed by atoms with Crippen LogP contribution in [0.25, 0.3) is 0 Å². The minimum atomic E-state index is -1.48. The van der Waals surface area contributed by atoms with Crippen LogP contribution in [-0.2, 0) is 15.6 Å². The molecule has 0 saturated carbocycles. The molecule has 0 heterocycles. The molecule has 0 aliphatic carbocycles. The highest BCUT2D eigenvalue weighted by Crippen LogP contribution is 2.10. The highest BCUT2D eigenvalue weighted by atomic mass is 35.5. The Hall–Kier alpha value is -1.20. The van der Waals surface area contributed by atoms with E-state index in [0.29, 0.717) is 17.1 Å². The van der Waals surface area contributed by atoms with Gasteiger partial charge < -0.3 is 5.32 Å². The Labute approximate surface area is 120 Å². The van der Waals surface area contributed by atoms with E-state index in [1.165, 1.54) is 0 Å². The van der Waals surface area contributed by atoms with Gasteiger partial charge in [-0.1, -0.05) is 18.5 Å². The molecular weight excluding hydrogens is 286 g/mol. The van der Waals surface area contributed by atoms with E-state index in [1.807, 2.05) is 6.92 Å². The zero-order chi connectivity index (χ0) is 14.3. The van der Waals surface area contributed by atoms with E-state index in [9.17, 15) is 13.8 Å². The van der Waals surface area contributed by atoms with Gasteiger partial charge in [0.15, 0.2) is 5.78 Å². The number of hydrogen-bond acceptors (Lipinski definition) is 3. The fourth-order valence-electron chi connectivity index (χ4n) is 1.38. The summed E-state index contributed by atoms with van der Waals surface area (Å²) in [5.41, 5.74) is 0.451. The van der Waals surface area contributed by atoms with Gasteiger partial charge in [-0.15, -0.1) is 0 Å². The van der Waals surface area contributed by atoms with Crippen LogP contribution in [0.15, 0.2) is 24.3 Å². The number of carbonyl (C=O) groups is 2. The molecule has 0 aliphatic heterocycles. The number of nitrogens with one attached hydrogen (secondary N) is 1. The normalized spacial score (nSPS) is 11.9. The van der Waals surface area contributed by atoms with E-state index >= 15 is 0 Å². The first-order valence-corrected chi connectivity index (χ1v) is 7.80. The first kappa shape index (κ1) is 15.9. The van der Waals surface area contributed by atoms with Crippen molar-refractivity contribution in [1.29, 1.82) is 0 Å². The van der Waals surface area contributed by atoms with Crippen LogP contribution < -0.4 is 5.32 Å². The van der Waals surface area contributed by atoms with Crippen molar-refractivity contribution in [2.24, 2.45) is 0 Å². The lowest BCUT2D eigenvalue weighted by atomic mass is 10.1. The Morgan fingerprint density at radius 2 is 1.84 bits per heavy atom. The SMILES string of the molecule is CCCNC(=O)CS(=O)CC(=O)c1ccc(Cl)cc1. The van der Waals surface area contributed by atoms with Gasteiger partial charge in [-0.25, -0.2) is 0 Å². The van der Waals surface area contributed by atoms with Crippen LogP contribution in [0, 0.1) is 0 Å². The van der Waals surface area contributed by atoms with Crippen LogP contribution in [0.1, 0.15) is 23.7 Å². The second-order valence-corrected chi connectivity index (χ2v) is 5.90.